The maximum atomic E-state index is 10.1. The van der Waals surface area contributed by atoms with Crippen molar-refractivity contribution in [2.75, 3.05) is 13.2 Å². The Morgan fingerprint density at radius 2 is 0.724 bits per heavy atom. The summed E-state index contributed by atoms with van der Waals surface area (Å²) >= 11 is 5.11. The summed E-state index contributed by atoms with van der Waals surface area (Å²) in [6.07, 6.45) is 25.8. The van der Waals surface area contributed by atoms with Crippen molar-refractivity contribution in [2.45, 2.75) is 142 Å². The molecule has 0 saturated carbocycles. The van der Waals surface area contributed by atoms with E-state index < -0.39 is 6.72 Å². The summed E-state index contributed by atoms with van der Waals surface area (Å²) in [6.45, 7) is 2.57. The van der Waals surface area contributed by atoms with Gasteiger partial charge >= 0.3 is 6.72 Å². The van der Waals surface area contributed by atoms with Gasteiger partial charge in [0.05, 0.1) is 13.2 Å². The fourth-order valence-corrected chi connectivity index (χ4v) is 4.82. The highest BCUT2D eigenvalue weighted by Crippen LogP contribution is 2.44. The highest BCUT2D eigenvalue weighted by molar-refractivity contribution is 8.07. The lowest BCUT2D eigenvalue weighted by Crippen LogP contribution is -1.99. The molecule has 176 valence electrons. The molecule has 29 heavy (non-hydrogen) atoms. The molecule has 0 aliphatic rings. The van der Waals surface area contributed by atoms with Gasteiger partial charge in [-0.1, -0.05) is 129 Å². The van der Waals surface area contributed by atoms with Crippen molar-refractivity contribution in [3.63, 3.8) is 0 Å². The van der Waals surface area contributed by atoms with Crippen LogP contribution in [0.5, 0.6) is 0 Å². The second-order valence-electron chi connectivity index (χ2n) is 8.50. The average molecular weight is 451 g/mol. The van der Waals surface area contributed by atoms with E-state index in [4.69, 9.17) is 20.9 Å². The van der Waals surface area contributed by atoms with Crippen LogP contribution in [0.4, 0.5) is 0 Å². The van der Waals surface area contributed by atoms with Gasteiger partial charge in [-0.2, -0.15) is 0 Å². The fourth-order valence-electron chi connectivity index (χ4n) is 3.58. The highest BCUT2D eigenvalue weighted by atomic mass is 32.5. The standard InChI is InChI=1S/C24H51O3PS/c1-3-5-7-9-11-13-15-17-19-21-23-26-28(25,29)27-24-22-20-18-16-14-12-10-8-6-4-2/h3-24H2,1-2H3,(H,25,29). The van der Waals surface area contributed by atoms with Gasteiger partial charge in [0, 0.05) is 0 Å². The minimum Gasteiger partial charge on any atom is -0.324 e. The van der Waals surface area contributed by atoms with Gasteiger partial charge in [0.1, 0.15) is 0 Å². The first-order chi connectivity index (χ1) is 14.1. The molecular weight excluding hydrogens is 399 g/mol. The van der Waals surface area contributed by atoms with Crippen LogP contribution in [0, 0.1) is 0 Å². The van der Waals surface area contributed by atoms with E-state index in [2.05, 4.69) is 13.8 Å². The molecule has 0 radical (unpaired) electrons. The summed E-state index contributed by atoms with van der Waals surface area (Å²) in [5.74, 6) is 0. The van der Waals surface area contributed by atoms with Gasteiger partial charge in [0.2, 0.25) is 0 Å². The van der Waals surface area contributed by atoms with Crippen molar-refractivity contribution in [1.29, 1.82) is 0 Å². The first-order valence-electron chi connectivity index (χ1n) is 12.7. The monoisotopic (exact) mass is 450 g/mol. The van der Waals surface area contributed by atoms with Crippen LogP contribution in [0.3, 0.4) is 0 Å². The molecule has 0 amide bonds. The SMILES string of the molecule is CCCCCCCCCCCCOP(O)(=S)OCCCCCCCCCCCC. The predicted molar refractivity (Wildman–Crippen MR) is 132 cm³/mol. The van der Waals surface area contributed by atoms with Crippen molar-refractivity contribution >= 4 is 18.5 Å². The minimum atomic E-state index is -3.01. The molecule has 0 rings (SSSR count). The largest absolute Gasteiger partial charge is 0.324 e. The molecule has 0 bridgehead atoms. The molecule has 5 heteroatoms. The summed E-state index contributed by atoms with van der Waals surface area (Å²) in [4.78, 5) is 10.1. The quantitative estimate of drug-likeness (QED) is 0.118. The zero-order chi connectivity index (χ0) is 21.5. The first-order valence-corrected chi connectivity index (χ1v) is 15.3. The van der Waals surface area contributed by atoms with Crippen LogP contribution in [0.25, 0.3) is 0 Å². The Morgan fingerprint density at radius 1 is 0.483 bits per heavy atom. The molecule has 0 aromatic heterocycles. The van der Waals surface area contributed by atoms with Gasteiger partial charge in [-0.25, -0.2) is 0 Å². The third-order valence-electron chi connectivity index (χ3n) is 5.50. The third-order valence-corrected chi connectivity index (χ3v) is 7.15. The van der Waals surface area contributed by atoms with E-state index in [0.717, 1.165) is 25.7 Å². The molecule has 1 N–H and O–H groups in total. The van der Waals surface area contributed by atoms with E-state index in [1.807, 2.05) is 0 Å². The Kier molecular flexibility index (Phi) is 23.6. The maximum absolute atomic E-state index is 10.1. The van der Waals surface area contributed by atoms with Crippen molar-refractivity contribution in [3.05, 3.63) is 0 Å². The molecule has 0 aliphatic carbocycles. The van der Waals surface area contributed by atoms with E-state index in [1.54, 1.807) is 0 Å². The summed E-state index contributed by atoms with van der Waals surface area (Å²) < 4.78 is 10.9. The lowest BCUT2D eigenvalue weighted by atomic mass is 10.1. The summed E-state index contributed by atoms with van der Waals surface area (Å²) in [5.41, 5.74) is 0. The van der Waals surface area contributed by atoms with Gasteiger partial charge in [0.15, 0.2) is 0 Å². The summed E-state index contributed by atoms with van der Waals surface area (Å²) in [5, 5.41) is 0. The Balaban J connectivity index is 3.31. The number of hydrogen-bond donors (Lipinski definition) is 1. The third kappa shape index (κ3) is 24.7. The molecule has 0 saturated heterocycles. The Hall–Kier alpha value is 0.530. The van der Waals surface area contributed by atoms with E-state index >= 15 is 0 Å². The smallest absolute Gasteiger partial charge is 0.324 e. The van der Waals surface area contributed by atoms with Gasteiger partial charge in [-0.05, 0) is 24.6 Å². The average Bonchev–Trinajstić information content (AvgIpc) is 2.70. The number of hydrogen-bond acceptors (Lipinski definition) is 3. The van der Waals surface area contributed by atoms with E-state index in [-0.39, 0.29) is 0 Å². The molecule has 0 heterocycles. The lowest BCUT2D eigenvalue weighted by molar-refractivity contribution is 0.190. The first kappa shape index (κ1) is 29.5. The van der Waals surface area contributed by atoms with Gasteiger partial charge in [-0.3, -0.25) is 0 Å². The second-order valence-corrected chi connectivity index (χ2v) is 11.3. The molecule has 3 nitrogen and oxygen atoms in total. The van der Waals surface area contributed by atoms with Crippen molar-refractivity contribution < 1.29 is 13.9 Å². The van der Waals surface area contributed by atoms with Crippen LogP contribution in [0.1, 0.15) is 142 Å². The van der Waals surface area contributed by atoms with Crippen molar-refractivity contribution in [1.82, 2.24) is 0 Å². The van der Waals surface area contributed by atoms with Gasteiger partial charge < -0.3 is 13.9 Å². The molecule has 0 aromatic carbocycles. The normalized spacial score (nSPS) is 12.0. The molecule has 0 unspecified atom stereocenters. The number of unbranched alkanes of at least 4 members (excludes halogenated alkanes) is 18. The van der Waals surface area contributed by atoms with E-state index in [1.165, 1.54) is 103 Å². The summed E-state index contributed by atoms with van der Waals surface area (Å²) in [6, 6.07) is 0. The van der Waals surface area contributed by atoms with Crippen LogP contribution in [-0.4, -0.2) is 18.1 Å². The topological polar surface area (TPSA) is 38.7 Å². The Bertz CT molecular complexity index is 336. The van der Waals surface area contributed by atoms with E-state index in [0.29, 0.717) is 13.2 Å². The van der Waals surface area contributed by atoms with Crippen LogP contribution in [0.2, 0.25) is 0 Å². The zero-order valence-corrected chi connectivity index (χ0v) is 21.4. The van der Waals surface area contributed by atoms with Crippen LogP contribution < -0.4 is 0 Å². The van der Waals surface area contributed by atoms with Crippen molar-refractivity contribution in [2.24, 2.45) is 0 Å². The highest BCUT2D eigenvalue weighted by Gasteiger charge is 2.14. The van der Waals surface area contributed by atoms with Gasteiger partial charge in [-0.15, -0.1) is 0 Å². The van der Waals surface area contributed by atoms with Crippen molar-refractivity contribution in [3.8, 4) is 0 Å². The van der Waals surface area contributed by atoms with Crippen LogP contribution in [-0.2, 0) is 20.9 Å². The van der Waals surface area contributed by atoms with Gasteiger partial charge in [0.25, 0.3) is 0 Å². The molecular formula is C24H51O3PS. The van der Waals surface area contributed by atoms with E-state index in [9.17, 15) is 4.89 Å². The maximum Gasteiger partial charge on any atom is 0.324 e. The molecule has 0 aliphatic heterocycles. The second kappa shape index (κ2) is 23.2. The number of rotatable bonds is 24. The van der Waals surface area contributed by atoms with Crippen LogP contribution in [0.15, 0.2) is 0 Å². The predicted octanol–water partition coefficient (Wildman–Crippen LogP) is 9.08. The lowest BCUT2D eigenvalue weighted by Gasteiger charge is -2.15. The molecule has 0 spiro atoms. The minimum absolute atomic E-state index is 0.530. The Morgan fingerprint density at radius 3 is 1.00 bits per heavy atom. The zero-order valence-electron chi connectivity index (χ0n) is 19.7. The molecule has 0 aromatic rings. The summed E-state index contributed by atoms with van der Waals surface area (Å²) in [7, 11) is 0. The Labute approximate surface area is 188 Å². The molecule has 0 atom stereocenters. The molecule has 0 fully saturated rings. The van der Waals surface area contributed by atoms with Crippen LogP contribution >= 0.6 is 6.72 Å². The fraction of sp³-hybridized carbons (Fsp3) is 1.00.